The van der Waals surface area contributed by atoms with Crippen LogP contribution in [0.3, 0.4) is 0 Å². The lowest BCUT2D eigenvalue weighted by atomic mass is 9.69. The number of carbonyl (C=O) groups is 1. The average Bonchev–Trinajstić information content (AvgIpc) is 2.58. The average molecular weight is 504 g/mol. The molecule has 32 heavy (non-hydrogen) atoms. The molecule has 1 saturated heterocycles. The fourth-order valence-corrected chi connectivity index (χ4v) is 3.04. The molecule has 0 aromatic rings. The molecule has 1 aliphatic heterocycles. The highest BCUT2D eigenvalue weighted by Gasteiger charge is 2.96. The van der Waals surface area contributed by atoms with Gasteiger partial charge >= 0.3 is 42.1 Å². The van der Waals surface area contributed by atoms with Gasteiger partial charge in [-0.15, -0.1) is 0 Å². The highest BCUT2D eigenvalue weighted by molar-refractivity contribution is 5.89. The van der Waals surface area contributed by atoms with E-state index in [1.807, 2.05) is 6.58 Å². The molecule has 0 bridgehead atoms. The maximum atomic E-state index is 14.8. The van der Waals surface area contributed by atoms with Crippen LogP contribution in [0, 0.1) is 0 Å². The zero-order chi connectivity index (χ0) is 26.0. The van der Waals surface area contributed by atoms with Crippen molar-refractivity contribution in [2.24, 2.45) is 0 Å². The molecule has 1 rings (SSSR count). The summed E-state index contributed by atoms with van der Waals surface area (Å²) in [5.74, 6) is -22.7. The zero-order valence-corrected chi connectivity index (χ0v) is 15.7. The summed E-state index contributed by atoms with van der Waals surface area (Å²) in [7, 11) is 0. The molecule has 1 N–H and O–H groups in total. The first-order chi connectivity index (χ1) is 13.9. The third-order valence-electron chi connectivity index (χ3n) is 4.94. The third kappa shape index (κ3) is 3.33. The predicted molar refractivity (Wildman–Crippen MR) is 75.4 cm³/mol. The van der Waals surface area contributed by atoms with Gasteiger partial charge in [0.25, 0.3) is 0 Å². The maximum Gasteiger partial charge on any atom is 0.462 e. The molecule has 0 radical (unpaired) electrons. The number of carbonyl (C=O) groups excluding carboxylic acids is 1. The molecular formula is C15H13F13O4. The summed E-state index contributed by atoms with van der Waals surface area (Å²) in [6.45, 7) is 2.19. The topological polar surface area (TPSA) is 55.8 Å². The van der Waals surface area contributed by atoms with Crippen molar-refractivity contribution in [3.05, 3.63) is 12.2 Å². The van der Waals surface area contributed by atoms with E-state index in [0.29, 0.717) is 0 Å². The lowest BCUT2D eigenvalue weighted by Gasteiger charge is -2.59. The molecule has 0 aromatic carbocycles. The van der Waals surface area contributed by atoms with Gasteiger partial charge in [0.15, 0.2) is 0 Å². The van der Waals surface area contributed by atoms with Crippen molar-refractivity contribution < 1.29 is 76.5 Å². The molecule has 3 unspecified atom stereocenters. The fraction of sp³-hybridized carbons (Fsp3) is 0.800. The first kappa shape index (κ1) is 28.3. The Kier molecular flexibility index (Phi) is 6.50. The number of esters is 1. The molecule has 17 heteroatoms. The number of rotatable bonds is 4. The van der Waals surface area contributed by atoms with Gasteiger partial charge < -0.3 is 14.6 Å². The van der Waals surface area contributed by atoms with Crippen LogP contribution < -0.4 is 0 Å². The minimum absolute atomic E-state index is 0.110. The van der Waals surface area contributed by atoms with E-state index < -0.39 is 71.7 Å². The molecule has 0 aliphatic carbocycles. The van der Waals surface area contributed by atoms with Crippen LogP contribution in [0.4, 0.5) is 57.1 Å². The number of hydrogen-bond donors (Lipinski definition) is 1. The Morgan fingerprint density at radius 1 is 0.875 bits per heavy atom. The summed E-state index contributed by atoms with van der Waals surface area (Å²) in [6, 6.07) is 0. The van der Waals surface area contributed by atoms with Gasteiger partial charge in [0.1, 0.15) is 5.57 Å². The fourth-order valence-electron chi connectivity index (χ4n) is 3.04. The Morgan fingerprint density at radius 2 is 1.31 bits per heavy atom. The number of aliphatic hydroxyl groups is 1. The summed E-state index contributed by atoms with van der Waals surface area (Å²) in [4.78, 5) is 11.5. The second-order valence-electron chi connectivity index (χ2n) is 6.62. The van der Waals surface area contributed by atoms with Gasteiger partial charge in [0.2, 0.25) is 11.2 Å². The molecule has 188 valence electrons. The van der Waals surface area contributed by atoms with Crippen molar-refractivity contribution in [3.63, 3.8) is 0 Å². The Labute approximate surface area is 169 Å². The van der Waals surface area contributed by atoms with Crippen molar-refractivity contribution >= 4 is 5.97 Å². The highest BCUT2D eigenvalue weighted by atomic mass is 19.4. The van der Waals surface area contributed by atoms with Gasteiger partial charge in [-0.25, -0.2) is 4.79 Å². The number of halogens is 13. The van der Waals surface area contributed by atoms with E-state index in [9.17, 15) is 67.0 Å². The molecule has 0 aromatic heterocycles. The molecule has 3 atom stereocenters. The maximum absolute atomic E-state index is 14.8. The molecule has 4 nitrogen and oxygen atoms in total. The van der Waals surface area contributed by atoms with Gasteiger partial charge in [0.05, 0.1) is 0 Å². The van der Waals surface area contributed by atoms with Crippen LogP contribution >= 0.6 is 0 Å². The number of alkyl halides is 13. The quantitative estimate of drug-likeness (QED) is 0.331. The van der Waals surface area contributed by atoms with Crippen molar-refractivity contribution in [2.75, 3.05) is 0 Å². The molecule has 1 aliphatic rings. The zero-order valence-electron chi connectivity index (χ0n) is 15.7. The Balaban J connectivity index is 4.10. The van der Waals surface area contributed by atoms with Crippen molar-refractivity contribution in [2.45, 2.75) is 74.1 Å². The van der Waals surface area contributed by atoms with Crippen molar-refractivity contribution in [1.29, 1.82) is 0 Å². The molecule has 0 spiro atoms. The summed E-state index contributed by atoms with van der Waals surface area (Å²) in [5, 5.41) is 9.86. The van der Waals surface area contributed by atoms with E-state index in [-0.39, 0.29) is 13.8 Å². The SMILES string of the molecule is C=C(C(=O)OC1(C(F)(F)F)OC(CC)(C(F)(F)F)C(F)(F)C(O)(CC)C1(F)F)C(F)(F)F. The van der Waals surface area contributed by atoms with Crippen LogP contribution in [0.5, 0.6) is 0 Å². The first-order valence-corrected chi connectivity index (χ1v) is 8.18. The van der Waals surface area contributed by atoms with Crippen LogP contribution in [-0.4, -0.2) is 58.4 Å². The molecule has 1 heterocycles. The summed E-state index contributed by atoms with van der Waals surface area (Å²) in [5.41, 5.74) is -14.1. The van der Waals surface area contributed by atoms with Crippen LogP contribution in [0.25, 0.3) is 0 Å². The first-order valence-electron chi connectivity index (χ1n) is 8.18. The molecule has 0 saturated carbocycles. The Hall–Kier alpha value is -1.78. The van der Waals surface area contributed by atoms with E-state index in [1.54, 1.807) is 0 Å². The van der Waals surface area contributed by atoms with Gasteiger partial charge in [-0.2, -0.15) is 57.1 Å². The number of ether oxygens (including phenoxy) is 2. The van der Waals surface area contributed by atoms with E-state index in [2.05, 4.69) is 9.47 Å². The van der Waals surface area contributed by atoms with Crippen LogP contribution in [0.2, 0.25) is 0 Å². The van der Waals surface area contributed by atoms with Gasteiger partial charge in [-0.3, -0.25) is 0 Å². The van der Waals surface area contributed by atoms with Gasteiger partial charge in [-0.1, -0.05) is 20.4 Å². The van der Waals surface area contributed by atoms with Crippen molar-refractivity contribution in [3.8, 4) is 0 Å². The summed E-state index contributed by atoms with van der Waals surface area (Å²) < 4.78 is 185. The van der Waals surface area contributed by atoms with Gasteiger partial charge in [-0.05, 0) is 12.8 Å². The molecule has 0 amide bonds. The van der Waals surface area contributed by atoms with Crippen molar-refractivity contribution in [1.82, 2.24) is 0 Å². The number of hydrogen-bond acceptors (Lipinski definition) is 4. The minimum Gasteiger partial charge on any atom is -0.414 e. The molecular weight excluding hydrogens is 491 g/mol. The second kappa shape index (κ2) is 7.36. The standard InChI is InChI=1S/C15H13F13O4/c1-4-8(30)11(19,20)9(5-2,14(23,24)25)32-13(12(8,21)22,15(26,27)28)31-7(29)6(3)10(16,17)18/h30H,3-5H2,1-2H3. The monoisotopic (exact) mass is 504 g/mol. The van der Waals surface area contributed by atoms with E-state index in [1.165, 1.54) is 0 Å². The van der Waals surface area contributed by atoms with E-state index in [0.717, 1.165) is 0 Å². The van der Waals surface area contributed by atoms with E-state index >= 15 is 0 Å². The van der Waals surface area contributed by atoms with Crippen LogP contribution in [0.1, 0.15) is 26.7 Å². The Morgan fingerprint density at radius 3 is 1.59 bits per heavy atom. The van der Waals surface area contributed by atoms with E-state index in [4.69, 9.17) is 0 Å². The normalized spacial score (nSPS) is 33.0. The molecule has 1 fully saturated rings. The second-order valence-corrected chi connectivity index (χ2v) is 6.62. The Bertz CT molecular complexity index is 769. The summed E-state index contributed by atoms with van der Waals surface area (Å²) in [6.07, 6.45) is -24.1. The van der Waals surface area contributed by atoms with Gasteiger partial charge in [0, 0.05) is 0 Å². The lowest BCUT2D eigenvalue weighted by Crippen LogP contribution is -2.87. The lowest BCUT2D eigenvalue weighted by molar-refractivity contribution is -0.557. The van der Waals surface area contributed by atoms with Crippen LogP contribution in [0.15, 0.2) is 12.2 Å². The minimum atomic E-state index is -7.08. The largest absolute Gasteiger partial charge is 0.462 e. The smallest absolute Gasteiger partial charge is 0.414 e. The third-order valence-corrected chi connectivity index (χ3v) is 4.94. The highest BCUT2D eigenvalue weighted by Crippen LogP contribution is 2.67. The predicted octanol–water partition coefficient (Wildman–Crippen LogP) is 5.06. The summed E-state index contributed by atoms with van der Waals surface area (Å²) >= 11 is 0. The van der Waals surface area contributed by atoms with Crippen LogP contribution in [-0.2, 0) is 14.3 Å².